The van der Waals surface area contributed by atoms with Crippen LogP contribution in [-0.4, -0.2) is 26.8 Å². The molecular formula is C21H25ClN4O2S. The Morgan fingerprint density at radius 3 is 2.79 bits per heavy atom. The standard InChI is InChI=1S/C21H25ClN4O2S/c1-14(2)7-10-26-19(28)16-6-5-15(22)11-17(16)24-20(26)29-12-18(27)25-21(13-23)8-3-4-9-21/h5-6,11,14H,3-4,7-10,12H2,1-2H3,(H,25,27). The van der Waals surface area contributed by atoms with Crippen LogP contribution in [-0.2, 0) is 11.3 Å². The summed E-state index contributed by atoms with van der Waals surface area (Å²) in [6.45, 7) is 4.74. The van der Waals surface area contributed by atoms with E-state index in [1.807, 2.05) is 0 Å². The molecule has 0 aliphatic heterocycles. The zero-order chi connectivity index (χ0) is 21.0. The van der Waals surface area contributed by atoms with Crippen LogP contribution in [0.3, 0.4) is 0 Å². The van der Waals surface area contributed by atoms with E-state index < -0.39 is 5.54 Å². The van der Waals surface area contributed by atoms with Crippen molar-refractivity contribution in [3.63, 3.8) is 0 Å². The second-order valence-corrected chi connectivity index (χ2v) is 9.31. The summed E-state index contributed by atoms with van der Waals surface area (Å²) in [4.78, 5) is 30.1. The first kappa shape index (κ1) is 21.7. The molecule has 154 valence electrons. The predicted octanol–water partition coefficient (Wildman–Crippen LogP) is 4.14. The third-order valence-corrected chi connectivity index (χ3v) is 6.41. The second kappa shape index (κ2) is 9.19. The molecule has 1 aliphatic rings. The minimum absolute atomic E-state index is 0.101. The van der Waals surface area contributed by atoms with Crippen LogP contribution in [0.5, 0.6) is 0 Å². The molecule has 0 radical (unpaired) electrons. The highest BCUT2D eigenvalue weighted by molar-refractivity contribution is 7.99. The number of nitrogens with zero attached hydrogens (tertiary/aromatic N) is 3. The molecule has 1 fully saturated rings. The van der Waals surface area contributed by atoms with Gasteiger partial charge in [0.15, 0.2) is 5.16 Å². The lowest BCUT2D eigenvalue weighted by Crippen LogP contribution is -2.45. The largest absolute Gasteiger partial charge is 0.337 e. The molecule has 0 saturated heterocycles. The molecule has 1 saturated carbocycles. The number of aromatic nitrogens is 2. The molecule has 0 spiro atoms. The Kier molecular flexibility index (Phi) is 6.86. The summed E-state index contributed by atoms with van der Waals surface area (Å²) in [6, 6.07) is 7.30. The molecule has 2 aromatic rings. The summed E-state index contributed by atoms with van der Waals surface area (Å²) in [5.74, 6) is 0.319. The maximum atomic E-state index is 13.0. The van der Waals surface area contributed by atoms with Gasteiger partial charge in [-0.15, -0.1) is 0 Å². The Morgan fingerprint density at radius 1 is 1.41 bits per heavy atom. The van der Waals surface area contributed by atoms with Crippen LogP contribution in [0.15, 0.2) is 28.2 Å². The van der Waals surface area contributed by atoms with Crippen molar-refractivity contribution < 1.29 is 4.79 Å². The van der Waals surface area contributed by atoms with E-state index >= 15 is 0 Å². The van der Waals surface area contributed by atoms with Crippen LogP contribution in [0, 0.1) is 17.2 Å². The predicted molar refractivity (Wildman–Crippen MR) is 116 cm³/mol. The lowest BCUT2D eigenvalue weighted by molar-refractivity contribution is -0.119. The molecule has 1 aromatic heterocycles. The van der Waals surface area contributed by atoms with Gasteiger partial charge < -0.3 is 5.32 Å². The maximum Gasteiger partial charge on any atom is 0.262 e. The molecule has 8 heteroatoms. The molecule has 1 aliphatic carbocycles. The number of hydrogen-bond acceptors (Lipinski definition) is 5. The fourth-order valence-corrected chi connectivity index (χ4v) is 4.54. The van der Waals surface area contributed by atoms with Crippen LogP contribution in [0.25, 0.3) is 10.9 Å². The summed E-state index contributed by atoms with van der Waals surface area (Å²) in [6.07, 6.45) is 4.10. The van der Waals surface area contributed by atoms with Crippen LogP contribution in [0.4, 0.5) is 0 Å². The van der Waals surface area contributed by atoms with Gasteiger partial charge in [0.1, 0.15) is 5.54 Å². The van der Waals surface area contributed by atoms with Crippen LogP contribution in [0.1, 0.15) is 46.0 Å². The number of carbonyl (C=O) groups is 1. The van der Waals surface area contributed by atoms with Gasteiger partial charge >= 0.3 is 0 Å². The Labute approximate surface area is 179 Å². The molecule has 1 heterocycles. The fraction of sp³-hybridized carbons (Fsp3) is 0.524. The smallest absolute Gasteiger partial charge is 0.262 e. The molecule has 1 aromatic carbocycles. The summed E-state index contributed by atoms with van der Waals surface area (Å²) < 4.78 is 1.64. The number of benzene rings is 1. The highest BCUT2D eigenvalue weighted by atomic mass is 35.5. The van der Waals surface area contributed by atoms with E-state index in [1.165, 1.54) is 11.8 Å². The summed E-state index contributed by atoms with van der Waals surface area (Å²) >= 11 is 7.29. The van der Waals surface area contributed by atoms with Gasteiger partial charge in [-0.1, -0.05) is 37.2 Å². The Morgan fingerprint density at radius 2 is 2.14 bits per heavy atom. The highest BCUT2D eigenvalue weighted by Gasteiger charge is 2.35. The third kappa shape index (κ3) is 5.12. The molecule has 1 N–H and O–H groups in total. The topological polar surface area (TPSA) is 87.8 Å². The van der Waals surface area contributed by atoms with Gasteiger partial charge in [0.25, 0.3) is 5.56 Å². The van der Waals surface area contributed by atoms with Crippen molar-refractivity contribution in [1.29, 1.82) is 5.26 Å². The fourth-order valence-electron chi connectivity index (χ4n) is 3.54. The molecule has 0 unspecified atom stereocenters. The zero-order valence-corrected chi connectivity index (χ0v) is 18.3. The summed E-state index contributed by atoms with van der Waals surface area (Å²) in [5.41, 5.74) is -0.353. The van der Waals surface area contributed by atoms with Crippen molar-refractivity contribution in [2.75, 3.05) is 5.75 Å². The molecule has 3 rings (SSSR count). The average Bonchev–Trinajstić information content (AvgIpc) is 3.14. The number of thioether (sulfide) groups is 1. The third-order valence-electron chi connectivity index (χ3n) is 5.19. The first-order valence-corrected chi connectivity index (χ1v) is 11.2. The van der Waals surface area contributed by atoms with Gasteiger partial charge in [0.2, 0.25) is 5.91 Å². The van der Waals surface area contributed by atoms with Crippen molar-refractivity contribution in [3.05, 3.63) is 33.6 Å². The van der Waals surface area contributed by atoms with Crippen molar-refractivity contribution in [3.8, 4) is 6.07 Å². The minimum atomic E-state index is -0.751. The van der Waals surface area contributed by atoms with Gasteiger partial charge in [0.05, 0.1) is 22.7 Å². The van der Waals surface area contributed by atoms with Crippen molar-refractivity contribution in [2.24, 2.45) is 5.92 Å². The van der Waals surface area contributed by atoms with Crippen molar-refractivity contribution >= 4 is 40.2 Å². The van der Waals surface area contributed by atoms with Gasteiger partial charge in [-0.2, -0.15) is 5.26 Å². The SMILES string of the molecule is CC(C)CCn1c(SCC(=O)NC2(C#N)CCCC2)nc2cc(Cl)ccc2c1=O. The number of nitriles is 1. The number of fused-ring (bicyclic) bond motifs is 1. The second-order valence-electron chi connectivity index (χ2n) is 7.93. The minimum Gasteiger partial charge on any atom is -0.337 e. The van der Waals surface area contributed by atoms with Gasteiger partial charge in [-0.25, -0.2) is 4.98 Å². The van der Waals surface area contributed by atoms with E-state index in [9.17, 15) is 14.9 Å². The monoisotopic (exact) mass is 432 g/mol. The lowest BCUT2D eigenvalue weighted by Gasteiger charge is -2.22. The summed E-state index contributed by atoms with van der Waals surface area (Å²) in [5, 5.41) is 13.9. The van der Waals surface area contributed by atoms with E-state index in [2.05, 4.69) is 30.2 Å². The molecule has 0 bridgehead atoms. The first-order valence-electron chi connectivity index (χ1n) is 9.89. The number of hydrogen-bond donors (Lipinski definition) is 1. The number of nitrogens with one attached hydrogen (secondary N) is 1. The molecule has 29 heavy (non-hydrogen) atoms. The number of carbonyl (C=O) groups excluding carboxylic acids is 1. The lowest BCUT2D eigenvalue weighted by atomic mass is 10.0. The zero-order valence-electron chi connectivity index (χ0n) is 16.7. The van der Waals surface area contributed by atoms with Crippen LogP contribution >= 0.6 is 23.4 Å². The molecule has 1 amide bonds. The maximum absolute atomic E-state index is 13.0. The van der Waals surface area contributed by atoms with Gasteiger partial charge in [-0.05, 0) is 56.2 Å². The van der Waals surface area contributed by atoms with E-state index in [0.717, 1.165) is 19.3 Å². The molecule has 0 atom stereocenters. The van der Waals surface area contributed by atoms with E-state index in [1.54, 1.807) is 22.8 Å². The normalized spacial score (nSPS) is 15.6. The number of amides is 1. The van der Waals surface area contributed by atoms with Gasteiger partial charge in [-0.3, -0.25) is 14.2 Å². The Balaban J connectivity index is 1.84. The van der Waals surface area contributed by atoms with Crippen LogP contribution in [0.2, 0.25) is 5.02 Å². The molecular weight excluding hydrogens is 408 g/mol. The number of halogens is 1. The summed E-state index contributed by atoms with van der Waals surface area (Å²) in [7, 11) is 0. The van der Waals surface area contributed by atoms with E-state index in [4.69, 9.17) is 11.6 Å². The van der Waals surface area contributed by atoms with Crippen molar-refractivity contribution in [2.45, 2.75) is 63.2 Å². The van der Waals surface area contributed by atoms with Gasteiger partial charge in [0, 0.05) is 11.6 Å². The van der Waals surface area contributed by atoms with Crippen molar-refractivity contribution in [1.82, 2.24) is 14.9 Å². The van der Waals surface area contributed by atoms with E-state index in [-0.39, 0.29) is 17.2 Å². The number of rotatable bonds is 7. The Bertz CT molecular complexity index is 1010. The first-order chi connectivity index (χ1) is 13.8. The Hall–Kier alpha value is -2.04. The average molecular weight is 433 g/mol. The van der Waals surface area contributed by atoms with E-state index in [0.29, 0.717) is 46.4 Å². The highest BCUT2D eigenvalue weighted by Crippen LogP contribution is 2.29. The quantitative estimate of drug-likeness (QED) is 0.524. The molecule has 6 nitrogen and oxygen atoms in total. The van der Waals surface area contributed by atoms with Crippen LogP contribution < -0.4 is 10.9 Å².